The average molecular weight is 142 g/mol. The summed E-state index contributed by atoms with van der Waals surface area (Å²) in [5, 5.41) is 17.8. The van der Waals surface area contributed by atoms with Crippen molar-refractivity contribution in [2.45, 2.75) is 19.4 Å². The predicted molar refractivity (Wildman–Crippen MR) is 35.5 cm³/mol. The molecule has 2 N–H and O–H groups in total. The third-order valence-corrected chi connectivity index (χ3v) is 2.00. The maximum absolute atomic E-state index is 10.5. The minimum Gasteiger partial charge on any atom is -0.481 e. The van der Waals surface area contributed by atoms with Gasteiger partial charge in [0.1, 0.15) is 0 Å². The van der Waals surface area contributed by atoms with Crippen LogP contribution in [0, 0.1) is 5.41 Å². The highest BCUT2D eigenvalue weighted by atomic mass is 16.4. The Morgan fingerprint density at radius 3 is 2.60 bits per heavy atom. The summed E-state index contributed by atoms with van der Waals surface area (Å²) < 4.78 is 0. The lowest BCUT2D eigenvalue weighted by Gasteiger charge is -2.21. The first-order chi connectivity index (χ1) is 4.57. The molecule has 0 saturated carbocycles. The SMILES string of the molecule is C[C@]1(C(=O)O)CC=C[C@H]1O. The van der Waals surface area contributed by atoms with Crippen LogP contribution in [-0.4, -0.2) is 22.3 Å². The molecule has 10 heavy (non-hydrogen) atoms. The number of aliphatic hydroxyl groups excluding tert-OH is 1. The van der Waals surface area contributed by atoms with Crippen LogP contribution in [0.3, 0.4) is 0 Å². The molecule has 0 amide bonds. The van der Waals surface area contributed by atoms with Gasteiger partial charge in [0.15, 0.2) is 0 Å². The second kappa shape index (κ2) is 2.09. The summed E-state index contributed by atoms with van der Waals surface area (Å²) in [6.07, 6.45) is 2.81. The molecule has 1 aliphatic carbocycles. The minimum absolute atomic E-state index is 0.420. The number of carboxylic acids is 1. The normalized spacial score (nSPS) is 38.4. The molecule has 0 saturated heterocycles. The molecule has 1 rings (SSSR count). The van der Waals surface area contributed by atoms with Crippen molar-refractivity contribution in [2.75, 3.05) is 0 Å². The first kappa shape index (κ1) is 7.28. The number of aliphatic hydroxyl groups is 1. The molecule has 0 bridgehead atoms. The van der Waals surface area contributed by atoms with Gasteiger partial charge in [0, 0.05) is 0 Å². The van der Waals surface area contributed by atoms with Gasteiger partial charge in [-0.05, 0) is 13.3 Å². The van der Waals surface area contributed by atoms with E-state index in [1.165, 1.54) is 6.08 Å². The average Bonchev–Trinajstić information content (AvgIpc) is 2.15. The Balaban J connectivity index is 2.80. The summed E-state index contributed by atoms with van der Waals surface area (Å²) in [5.74, 6) is -0.940. The smallest absolute Gasteiger partial charge is 0.312 e. The molecule has 0 radical (unpaired) electrons. The Morgan fingerprint density at radius 2 is 2.40 bits per heavy atom. The standard InChI is InChI=1S/C7H10O3/c1-7(6(9)10)4-2-3-5(7)8/h2-3,5,8H,4H2,1H3,(H,9,10)/t5-,7+/m1/s1. The number of carbonyl (C=O) groups is 1. The van der Waals surface area contributed by atoms with Gasteiger partial charge in [-0.2, -0.15) is 0 Å². The summed E-state index contributed by atoms with van der Waals surface area (Å²) in [7, 11) is 0. The Morgan fingerprint density at radius 1 is 1.80 bits per heavy atom. The van der Waals surface area contributed by atoms with Gasteiger partial charge >= 0.3 is 5.97 Å². The Labute approximate surface area is 59.0 Å². The van der Waals surface area contributed by atoms with Crippen molar-refractivity contribution in [3.8, 4) is 0 Å². The monoisotopic (exact) mass is 142 g/mol. The third-order valence-electron chi connectivity index (χ3n) is 2.00. The van der Waals surface area contributed by atoms with Crippen LogP contribution in [-0.2, 0) is 4.79 Å². The quantitative estimate of drug-likeness (QED) is 0.521. The Kier molecular flexibility index (Phi) is 1.52. The number of carboxylic acid groups (broad SMARTS) is 1. The van der Waals surface area contributed by atoms with Crippen molar-refractivity contribution < 1.29 is 15.0 Å². The Hall–Kier alpha value is -0.830. The molecule has 0 aromatic heterocycles. The summed E-state index contributed by atoms with van der Waals surface area (Å²) in [6.45, 7) is 1.54. The van der Waals surface area contributed by atoms with Crippen LogP contribution in [0.25, 0.3) is 0 Å². The van der Waals surface area contributed by atoms with Gasteiger partial charge in [0.05, 0.1) is 11.5 Å². The molecule has 3 nitrogen and oxygen atoms in total. The molecule has 1 aliphatic rings. The third kappa shape index (κ3) is 0.827. The van der Waals surface area contributed by atoms with Gasteiger partial charge in [-0.3, -0.25) is 4.79 Å². The van der Waals surface area contributed by atoms with Crippen molar-refractivity contribution in [2.24, 2.45) is 5.41 Å². The fraction of sp³-hybridized carbons (Fsp3) is 0.571. The van der Waals surface area contributed by atoms with E-state index in [4.69, 9.17) is 10.2 Å². The van der Waals surface area contributed by atoms with E-state index in [-0.39, 0.29) is 0 Å². The van der Waals surface area contributed by atoms with Crippen molar-refractivity contribution in [1.82, 2.24) is 0 Å². The summed E-state index contributed by atoms with van der Waals surface area (Å²) in [4.78, 5) is 10.5. The zero-order valence-corrected chi connectivity index (χ0v) is 5.74. The minimum atomic E-state index is -0.986. The van der Waals surface area contributed by atoms with E-state index in [1.54, 1.807) is 13.0 Å². The van der Waals surface area contributed by atoms with E-state index in [9.17, 15) is 4.79 Å². The van der Waals surface area contributed by atoms with Crippen LogP contribution >= 0.6 is 0 Å². The molecule has 0 unspecified atom stereocenters. The lowest BCUT2D eigenvalue weighted by atomic mass is 9.86. The predicted octanol–water partition coefficient (Wildman–Crippen LogP) is 0.398. The highest BCUT2D eigenvalue weighted by Gasteiger charge is 2.41. The zero-order valence-electron chi connectivity index (χ0n) is 5.74. The molecule has 0 aliphatic heterocycles. The van der Waals surface area contributed by atoms with E-state index in [1.807, 2.05) is 0 Å². The molecule has 0 aromatic carbocycles. The van der Waals surface area contributed by atoms with Crippen molar-refractivity contribution in [3.63, 3.8) is 0 Å². The van der Waals surface area contributed by atoms with Gasteiger partial charge in [-0.15, -0.1) is 0 Å². The molecular weight excluding hydrogens is 132 g/mol. The van der Waals surface area contributed by atoms with Crippen LogP contribution in [0.4, 0.5) is 0 Å². The first-order valence-corrected chi connectivity index (χ1v) is 3.15. The molecular formula is C7H10O3. The lowest BCUT2D eigenvalue weighted by molar-refractivity contribution is -0.151. The molecule has 0 spiro atoms. The maximum Gasteiger partial charge on any atom is 0.312 e. The van der Waals surface area contributed by atoms with Crippen molar-refractivity contribution >= 4 is 5.97 Å². The highest BCUT2D eigenvalue weighted by molar-refractivity contribution is 5.76. The number of rotatable bonds is 1. The van der Waals surface area contributed by atoms with Gasteiger partial charge in [-0.1, -0.05) is 12.2 Å². The topological polar surface area (TPSA) is 57.5 Å². The van der Waals surface area contributed by atoms with Crippen LogP contribution in [0.5, 0.6) is 0 Å². The van der Waals surface area contributed by atoms with Crippen LogP contribution < -0.4 is 0 Å². The molecule has 3 heteroatoms. The van der Waals surface area contributed by atoms with Crippen molar-refractivity contribution in [1.29, 1.82) is 0 Å². The fourth-order valence-electron chi connectivity index (χ4n) is 0.989. The number of hydrogen-bond donors (Lipinski definition) is 2. The number of allylic oxidation sites excluding steroid dienone is 1. The van der Waals surface area contributed by atoms with E-state index in [0.717, 1.165) is 0 Å². The number of aliphatic carboxylic acids is 1. The van der Waals surface area contributed by atoms with Gasteiger partial charge in [0.25, 0.3) is 0 Å². The van der Waals surface area contributed by atoms with Gasteiger partial charge < -0.3 is 10.2 Å². The summed E-state index contributed by atoms with van der Waals surface area (Å²) in [6, 6.07) is 0. The van der Waals surface area contributed by atoms with E-state index >= 15 is 0 Å². The van der Waals surface area contributed by atoms with Crippen LogP contribution in [0.2, 0.25) is 0 Å². The molecule has 2 atom stereocenters. The van der Waals surface area contributed by atoms with Crippen LogP contribution in [0.1, 0.15) is 13.3 Å². The van der Waals surface area contributed by atoms with E-state index in [0.29, 0.717) is 6.42 Å². The second-order valence-electron chi connectivity index (χ2n) is 2.80. The molecule has 0 heterocycles. The fourth-order valence-corrected chi connectivity index (χ4v) is 0.989. The molecule has 56 valence electrons. The van der Waals surface area contributed by atoms with Crippen LogP contribution in [0.15, 0.2) is 12.2 Å². The largest absolute Gasteiger partial charge is 0.481 e. The second-order valence-corrected chi connectivity index (χ2v) is 2.80. The van der Waals surface area contributed by atoms with Gasteiger partial charge in [-0.25, -0.2) is 0 Å². The van der Waals surface area contributed by atoms with E-state index < -0.39 is 17.5 Å². The summed E-state index contributed by atoms with van der Waals surface area (Å²) in [5.41, 5.74) is -0.986. The molecule has 0 aromatic rings. The highest BCUT2D eigenvalue weighted by Crippen LogP contribution is 2.32. The number of hydrogen-bond acceptors (Lipinski definition) is 2. The maximum atomic E-state index is 10.5. The summed E-state index contributed by atoms with van der Waals surface area (Å²) >= 11 is 0. The Bertz CT molecular complexity index is 185. The van der Waals surface area contributed by atoms with E-state index in [2.05, 4.69) is 0 Å². The van der Waals surface area contributed by atoms with Crippen molar-refractivity contribution in [3.05, 3.63) is 12.2 Å². The van der Waals surface area contributed by atoms with Gasteiger partial charge in [0.2, 0.25) is 0 Å². The first-order valence-electron chi connectivity index (χ1n) is 3.15. The lowest BCUT2D eigenvalue weighted by Crippen LogP contribution is -2.35. The zero-order chi connectivity index (χ0) is 7.78. The molecule has 0 fully saturated rings.